The van der Waals surface area contributed by atoms with E-state index >= 15 is 0 Å². The Kier molecular flexibility index (Phi) is 12.9. The summed E-state index contributed by atoms with van der Waals surface area (Å²) >= 11 is 0. The summed E-state index contributed by atoms with van der Waals surface area (Å²) in [5.74, 6) is -3.82. The second kappa shape index (κ2) is 17.0. The minimum atomic E-state index is -1.96. The fourth-order valence-corrected chi connectivity index (χ4v) is 10.5. The fraction of sp³-hybridized carbons (Fsp3) is 0.841. The van der Waals surface area contributed by atoms with E-state index in [4.69, 9.17) is 33.2 Å². The molecule has 13 heteroatoms. The quantitative estimate of drug-likeness (QED) is 0.182. The van der Waals surface area contributed by atoms with Crippen molar-refractivity contribution in [1.82, 2.24) is 0 Å². The second-order valence-electron chi connectivity index (χ2n) is 18.9. The second-order valence-corrected chi connectivity index (χ2v) is 18.9. The van der Waals surface area contributed by atoms with Gasteiger partial charge in [-0.05, 0) is 95.1 Å². The van der Waals surface area contributed by atoms with Crippen LogP contribution in [0.1, 0.15) is 125 Å². The summed E-state index contributed by atoms with van der Waals surface area (Å²) in [6.07, 6.45) is 9.37. The third kappa shape index (κ3) is 9.15. The lowest BCUT2D eigenvalue weighted by Gasteiger charge is -2.50. The van der Waals surface area contributed by atoms with Crippen LogP contribution in [-0.4, -0.2) is 122 Å². The van der Waals surface area contributed by atoms with Crippen molar-refractivity contribution in [3.8, 4) is 0 Å². The first kappa shape index (κ1) is 43.3. The SMILES string of the molecule is C=C1[C@@H](O)[C@@H]2O[C@]3(CC[C@H](/C=C/[C@@H](C)[C@@H]4CC(C)=C[C@@]5(O[C@H](C[C@@](C)(O)C(=O)O)CC[C@H]5O)O4)O3)CC[C@H]2O[C@@H]1[C@@H](O)CC(C)[C@H]1O[C@@]2(CCCCO2)CC[C@H]1C. The van der Waals surface area contributed by atoms with Crippen LogP contribution in [-0.2, 0) is 38.0 Å². The van der Waals surface area contributed by atoms with E-state index in [0.29, 0.717) is 56.4 Å². The van der Waals surface area contributed by atoms with Crippen molar-refractivity contribution >= 4 is 5.97 Å². The molecule has 17 atom stereocenters. The number of hydrogen-bond acceptors (Lipinski definition) is 12. The van der Waals surface area contributed by atoms with Crippen LogP contribution >= 0.6 is 0 Å². The van der Waals surface area contributed by atoms with Gasteiger partial charge in [-0.1, -0.05) is 45.1 Å². The van der Waals surface area contributed by atoms with Crippen molar-refractivity contribution in [3.63, 3.8) is 0 Å². The van der Waals surface area contributed by atoms with Gasteiger partial charge in [0, 0.05) is 38.0 Å². The molecule has 7 rings (SSSR count). The van der Waals surface area contributed by atoms with Gasteiger partial charge in [-0.3, -0.25) is 0 Å². The first-order valence-corrected chi connectivity index (χ1v) is 21.7. The van der Waals surface area contributed by atoms with Crippen LogP contribution in [0.25, 0.3) is 0 Å². The van der Waals surface area contributed by atoms with Crippen LogP contribution in [0, 0.1) is 17.8 Å². The Morgan fingerprint density at radius 2 is 1.75 bits per heavy atom. The molecule has 0 saturated carbocycles. The number of fused-ring (bicyclic) bond motifs is 1. The summed E-state index contributed by atoms with van der Waals surface area (Å²) < 4.78 is 45.2. The molecule has 0 bridgehead atoms. The van der Waals surface area contributed by atoms with E-state index in [1.807, 2.05) is 19.9 Å². The van der Waals surface area contributed by atoms with Crippen LogP contribution in [0.2, 0.25) is 0 Å². The number of carboxylic acids is 1. The Morgan fingerprint density at radius 3 is 2.49 bits per heavy atom. The third-order valence-corrected chi connectivity index (χ3v) is 14.0. The lowest BCUT2D eigenvalue weighted by Crippen LogP contribution is -2.60. The molecule has 3 spiro atoms. The molecule has 7 aliphatic heterocycles. The third-order valence-electron chi connectivity index (χ3n) is 14.0. The molecule has 0 amide bonds. The van der Waals surface area contributed by atoms with Crippen LogP contribution < -0.4 is 0 Å². The summed E-state index contributed by atoms with van der Waals surface area (Å²) in [7, 11) is 0. The maximum absolute atomic E-state index is 11.6. The van der Waals surface area contributed by atoms with Crippen molar-refractivity contribution in [2.24, 2.45) is 17.8 Å². The zero-order chi connectivity index (χ0) is 40.9. The van der Waals surface area contributed by atoms with E-state index in [-0.39, 0.29) is 36.6 Å². The fourth-order valence-electron chi connectivity index (χ4n) is 10.5. The van der Waals surface area contributed by atoms with E-state index in [0.717, 1.165) is 50.7 Å². The first-order chi connectivity index (χ1) is 26.9. The predicted octanol–water partition coefficient (Wildman–Crippen LogP) is 5.21. The highest BCUT2D eigenvalue weighted by Gasteiger charge is 2.55. The molecule has 7 aliphatic rings. The van der Waals surface area contributed by atoms with E-state index in [1.165, 1.54) is 6.92 Å². The summed E-state index contributed by atoms with van der Waals surface area (Å²) in [5, 5.41) is 54.0. The van der Waals surface area contributed by atoms with E-state index in [2.05, 4.69) is 26.5 Å². The Labute approximate surface area is 337 Å². The molecule has 57 heavy (non-hydrogen) atoms. The maximum Gasteiger partial charge on any atom is 0.335 e. The van der Waals surface area contributed by atoms with Gasteiger partial charge in [-0.15, -0.1) is 0 Å². The van der Waals surface area contributed by atoms with Crippen LogP contribution in [0.4, 0.5) is 0 Å². The number of rotatable bonds is 10. The predicted molar refractivity (Wildman–Crippen MR) is 208 cm³/mol. The highest BCUT2D eigenvalue weighted by molar-refractivity contribution is 5.76. The number of aliphatic carboxylic acids is 1. The van der Waals surface area contributed by atoms with E-state index < -0.39 is 71.7 Å². The van der Waals surface area contributed by atoms with Gasteiger partial charge in [0.15, 0.2) is 17.2 Å². The number of carboxylic acid groups (broad SMARTS) is 1. The average molecular weight is 805 g/mol. The molecule has 0 aromatic carbocycles. The normalized spacial score (nSPS) is 45.4. The topological polar surface area (TPSA) is 183 Å². The molecule has 0 aromatic heterocycles. The molecule has 0 aromatic rings. The van der Waals surface area contributed by atoms with Crippen molar-refractivity contribution in [1.29, 1.82) is 0 Å². The van der Waals surface area contributed by atoms with Gasteiger partial charge < -0.3 is 58.7 Å². The highest BCUT2D eigenvalue weighted by atomic mass is 16.7. The minimum Gasteiger partial charge on any atom is -0.479 e. The summed E-state index contributed by atoms with van der Waals surface area (Å²) in [6.45, 7) is 14.5. The van der Waals surface area contributed by atoms with E-state index in [1.54, 1.807) is 6.08 Å². The summed E-state index contributed by atoms with van der Waals surface area (Å²) in [4.78, 5) is 11.6. The monoisotopic (exact) mass is 804 g/mol. The molecule has 6 fully saturated rings. The molecule has 7 heterocycles. The van der Waals surface area contributed by atoms with Gasteiger partial charge in [0.1, 0.15) is 24.4 Å². The van der Waals surface area contributed by atoms with Crippen molar-refractivity contribution in [2.75, 3.05) is 6.61 Å². The Hall–Kier alpha value is -1.75. The lowest BCUT2D eigenvalue weighted by atomic mass is 9.79. The van der Waals surface area contributed by atoms with Gasteiger partial charge in [-0.2, -0.15) is 0 Å². The zero-order valence-electron chi connectivity index (χ0n) is 34.6. The zero-order valence-corrected chi connectivity index (χ0v) is 34.6. The Bertz CT molecular complexity index is 1510. The molecular formula is C44H68O13. The smallest absolute Gasteiger partial charge is 0.335 e. The Balaban J connectivity index is 0.920. The number of aliphatic hydroxyl groups excluding tert-OH is 3. The summed E-state index contributed by atoms with van der Waals surface area (Å²) in [5.41, 5.74) is -0.551. The van der Waals surface area contributed by atoms with Crippen LogP contribution in [0.3, 0.4) is 0 Å². The first-order valence-electron chi connectivity index (χ1n) is 21.7. The van der Waals surface area contributed by atoms with Gasteiger partial charge in [0.05, 0.1) is 43.2 Å². The lowest BCUT2D eigenvalue weighted by molar-refractivity contribution is -0.321. The minimum absolute atomic E-state index is 0.0423. The number of carbonyl (C=O) groups is 1. The number of aliphatic hydroxyl groups is 4. The molecule has 0 radical (unpaired) electrons. The molecule has 6 saturated heterocycles. The molecule has 5 N–H and O–H groups in total. The van der Waals surface area contributed by atoms with E-state index in [9.17, 15) is 30.3 Å². The van der Waals surface area contributed by atoms with Gasteiger partial charge in [-0.25, -0.2) is 4.79 Å². The van der Waals surface area contributed by atoms with Gasteiger partial charge in [0.25, 0.3) is 0 Å². The van der Waals surface area contributed by atoms with Gasteiger partial charge >= 0.3 is 5.97 Å². The van der Waals surface area contributed by atoms with Gasteiger partial charge in [0.2, 0.25) is 5.79 Å². The molecule has 0 aliphatic carbocycles. The standard InChI is InChI=1S/C44H68O13/c1-25-21-34(55-44(23-25)35(46)12-11-31(54-44)24-41(6,50)40(48)49)26(2)9-10-30-14-18-43(53-30)19-15-33-39(57-43)36(47)29(5)38(52-33)32(45)22-28(4)37-27(3)13-17-42(56-37)16-7-8-20-51-42/h9-10,23,26-28,30-39,45-47,50H,5,7-8,11-22,24H2,1-4,6H3,(H,48,49)/b10-9+/t26-,27-,28?,30+,31+,32+,33-,34+,35-,36-,37+,38+,39-,41-,42+,43-,44-/m1/s1. The summed E-state index contributed by atoms with van der Waals surface area (Å²) in [6, 6.07) is 0. The average Bonchev–Trinajstić information content (AvgIpc) is 3.56. The highest BCUT2D eigenvalue weighted by Crippen LogP contribution is 2.47. The Morgan fingerprint density at radius 1 is 1.00 bits per heavy atom. The maximum atomic E-state index is 11.6. The molecule has 1 unspecified atom stereocenters. The number of hydrogen-bond donors (Lipinski definition) is 5. The van der Waals surface area contributed by atoms with Crippen molar-refractivity contribution in [3.05, 3.63) is 36.0 Å². The molecular weight excluding hydrogens is 736 g/mol. The number of ether oxygens (including phenoxy) is 7. The van der Waals surface area contributed by atoms with Crippen LogP contribution in [0.5, 0.6) is 0 Å². The van der Waals surface area contributed by atoms with Crippen molar-refractivity contribution < 1.29 is 63.5 Å². The van der Waals surface area contributed by atoms with Crippen LogP contribution in [0.15, 0.2) is 36.0 Å². The molecule has 13 nitrogen and oxygen atoms in total. The molecule has 322 valence electrons. The van der Waals surface area contributed by atoms with Crippen molar-refractivity contribution in [2.45, 2.75) is 209 Å². The largest absolute Gasteiger partial charge is 0.479 e.